The van der Waals surface area contributed by atoms with E-state index in [4.69, 9.17) is 4.84 Å². The van der Waals surface area contributed by atoms with Crippen molar-refractivity contribution >= 4 is 16.5 Å². The molecule has 0 saturated carbocycles. The smallest absolute Gasteiger partial charge is 0.106 e. The third-order valence-electron chi connectivity index (χ3n) is 2.42. The Hall–Kier alpha value is -1.16. The van der Waals surface area contributed by atoms with E-state index in [0.29, 0.717) is 5.75 Å². The maximum absolute atomic E-state index is 11.8. The molecule has 1 unspecified atom stereocenters. The van der Waals surface area contributed by atoms with Crippen LogP contribution in [0, 0.1) is 6.92 Å². The molecule has 1 aromatic carbocycles. The van der Waals surface area contributed by atoms with Gasteiger partial charge in [-0.15, -0.1) is 0 Å². The fraction of sp³-hybridized carbons (Fsp3) is 0.364. The zero-order chi connectivity index (χ0) is 10.8. The van der Waals surface area contributed by atoms with Crippen molar-refractivity contribution in [2.75, 3.05) is 12.9 Å². The summed E-state index contributed by atoms with van der Waals surface area (Å²) in [5.74, 6) is 0.638. The van der Waals surface area contributed by atoms with Crippen LogP contribution in [0.4, 0.5) is 0 Å². The molecule has 0 aromatic heterocycles. The lowest BCUT2D eigenvalue weighted by molar-refractivity contribution is 0.213. The van der Waals surface area contributed by atoms with E-state index in [2.05, 4.69) is 5.16 Å². The van der Waals surface area contributed by atoms with Gasteiger partial charge in [-0.1, -0.05) is 17.3 Å². The average molecular weight is 223 g/mol. The summed E-state index contributed by atoms with van der Waals surface area (Å²) in [6.07, 6.45) is 0.719. The number of aryl methyl sites for hydroxylation is 1. The minimum atomic E-state index is -0.886. The molecular weight excluding hydrogens is 210 g/mol. The van der Waals surface area contributed by atoms with E-state index in [0.717, 1.165) is 28.2 Å². The fourth-order valence-electron chi connectivity index (χ4n) is 1.70. The largest absolute Gasteiger partial charge is 0.399 e. The topological polar surface area (TPSA) is 38.7 Å². The number of rotatable bonds is 1. The van der Waals surface area contributed by atoms with Gasteiger partial charge in [0.25, 0.3) is 0 Å². The van der Waals surface area contributed by atoms with Crippen LogP contribution in [0.25, 0.3) is 0 Å². The Kier molecular flexibility index (Phi) is 2.86. The molecule has 1 aliphatic heterocycles. The maximum atomic E-state index is 11.8. The molecule has 1 aromatic rings. The molecule has 15 heavy (non-hydrogen) atoms. The van der Waals surface area contributed by atoms with E-state index in [1.54, 1.807) is 0 Å². The van der Waals surface area contributed by atoms with Crippen LogP contribution < -0.4 is 0 Å². The summed E-state index contributed by atoms with van der Waals surface area (Å²) in [5, 5.41) is 3.97. The van der Waals surface area contributed by atoms with E-state index in [9.17, 15) is 4.21 Å². The quantitative estimate of drug-likeness (QED) is 0.682. The highest BCUT2D eigenvalue weighted by Gasteiger charge is 2.21. The summed E-state index contributed by atoms with van der Waals surface area (Å²) < 4.78 is 11.8. The molecule has 0 saturated heterocycles. The molecule has 0 fully saturated rings. The first-order valence-corrected chi connectivity index (χ1v) is 6.13. The summed E-state index contributed by atoms with van der Waals surface area (Å²) in [6.45, 7) is 2.00. The van der Waals surface area contributed by atoms with Gasteiger partial charge in [0, 0.05) is 22.6 Å². The summed E-state index contributed by atoms with van der Waals surface area (Å²) in [4.78, 5) is 5.68. The number of hydrogen-bond donors (Lipinski definition) is 0. The highest BCUT2D eigenvalue weighted by molar-refractivity contribution is 7.85. The Morgan fingerprint density at radius 2 is 2.27 bits per heavy atom. The lowest BCUT2D eigenvalue weighted by atomic mass is 10.1. The van der Waals surface area contributed by atoms with Gasteiger partial charge in [0.2, 0.25) is 0 Å². The first-order chi connectivity index (χ1) is 7.22. The summed E-state index contributed by atoms with van der Waals surface area (Å²) in [6, 6.07) is 5.95. The highest BCUT2D eigenvalue weighted by Crippen LogP contribution is 2.23. The fourth-order valence-corrected chi connectivity index (χ4v) is 3.04. The van der Waals surface area contributed by atoms with Gasteiger partial charge in [0.15, 0.2) is 0 Å². The molecule has 0 aliphatic carbocycles. The second kappa shape index (κ2) is 4.14. The number of nitrogens with zero attached hydrogens (tertiary/aromatic N) is 1. The minimum absolute atomic E-state index is 0.638. The van der Waals surface area contributed by atoms with Crippen LogP contribution in [0.15, 0.2) is 28.3 Å². The summed E-state index contributed by atoms with van der Waals surface area (Å²) >= 11 is 0. The van der Waals surface area contributed by atoms with Gasteiger partial charge in [-0.05, 0) is 18.6 Å². The Bertz CT molecular complexity index is 440. The zero-order valence-electron chi connectivity index (χ0n) is 8.82. The van der Waals surface area contributed by atoms with Crippen LogP contribution in [-0.4, -0.2) is 22.8 Å². The predicted molar refractivity (Wildman–Crippen MR) is 60.6 cm³/mol. The Morgan fingerprint density at radius 3 is 3.00 bits per heavy atom. The minimum Gasteiger partial charge on any atom is -0.399 e. The van der Waals surface area contributed by atoms with E-state index >= 15 is 0 Å². The maximum Gasteiger partial charge on any atom is 0.106 e. The second-order valence-corrected chi connectivity index (χ2v) is 5.06. The normalized spacial score (nSPS) is 22.5. The van der Waals surface area contributed by atoms with Crippen molar-refractivity contribution in [1.29, 1.82) is 0 Å². The van der Waals surface area contributed by atoms with Gasteiger partial charge in [-0.25, -0.2) is 0 Å². The lowest BCUT2D eigenvalue weighted by Gasteiger charge is -2.17. The van der Waals surface area contributed by atoms with Crippen LogP contribution >= 0.6 is 0 Å². The van der Waals surface area contributed by atoms with Crippen LogP contribution in [-0.2, 0) is 15.6 Å². The van der Waals surface area contributed by atoms with E-state index in [1.165, 1.54) is 7.11 Å². The zero-order valence-corrected chi connectivity index (χ0v) is 9.63. The second-order valence-electron chi connectivity index (χ2n) is 3.52. The van der Waals surface area contributed by atoms with Crippen molar-refractivity contribution in [3.63, 3.8) is 0 Å². The van der Waals surface area contributed by atoms with Crippen LogP contribution in [0.2, 0.25) is 0 Å². The molecule has 80 valence electrons. The third-order valence-corrected chi connectivity index (χ3v) is 3.82. The van der Waals surface area contributed by atoms with Crippen molar-refractivity contribution < 1.29 is 9.05 Å². The number of fused-ring (bicyclic) bond motifs is 1. The van der Waals surface area contributed by atoms with Crippen LogP contribution in [0.3, 0.4) is 0 Å². The first-order valence-electron chi connectivity index (χ1n) is 4.82. The molecule has 1 heterocycles. The molecule has 3 nitrogen and oxygen atoms in total. The molecule has 1 aliphatic rings. The Labute approximate surface area is 91.6 Å². The average Bonchev–Trinajstić information content (AvgIpc) is 2.23. The molecule has 0 amide bonds. The van der Waals surface area contributed by atoms with Gasteiger partial charge in [-0.2, -0.15) is 0 Å². The van der Waals surface area contributed by atoms with Gasteiger partial charge in [0.05, 0.1) is 16.5 Å². The van der Waals surface area contributed by atoms with Gasteiger partial charge in [0.1, 0.15) is 7.11 Å². The molecule has 0 spiro atoms. The Morgan fingerprint density at radius 1 is 1.47 bits per heavy atom. The van der Waals surface area contributed by atoms with Gasteiger partial charge in [-0.3, -0.25) is 4.21 Å². The lowest BCUT2D eigenvalue weighted by Crippen LogP contribution is -2.18. The SMILES string of the molecule is CO/N=C1/CCS(=O)c2cc(C)ccc21. The molecule has 0 N–H and O–H groups in total. The van der Waals surface area contributed by atoms with Crippen molar-refractivity contribution in [2.45, 2.75) is 18.2 Å². The van der Waals surface area contributed by atoms with Crippen molar-refractivity contribution in [1.82, 2.24) is 0 Å². The highest BCUT2D eigenvalue weighted by atomic mass is 32.2. The van der Waals surface area contributed by atoms with Gasteiger partial charge < -0.3 is 4.84 Å². The van der Waals surface area contributed by atoms with Crippen LogP contribution in [0.5, 0.6) is 0 Å². The van der Waals surface area contributed by atoms with Crippen molar-refractivity contribution in [3.05, 3.63) is 29.3 Å². The predicted octanol–water partition coefficient (Wildman–Crippen LogP) is 1.86. The molecule has 0 bridgehead atoms. The van der Waals surface area contributed by atoms with Crippen molar-refractivity contribution in [3.8, 4) is 0 Å². The molecule has 1 atom stereocenters. The summed E-state index contributed by atoms with van der Waals surface area (Å²) in [5.41, 5.74) is 2.99. The molecule has 0 radical (unpaired) electrons. The van der Waals surface area contributed by atoms with E-state index in [-0.39, 0.29) is 0 Å². The van der Waals surface area contributed by atoms with E-state index in [1.807, 2.05) is 25.1 Å². The first kappa shape index (κ1) is 10.4. The van der Waals surface area contributed by atoms with E-state index < -0.39 is 10.8 Å². The molecule has 2 rings (SSSR count). The third kappa shape index (κ3) is 1.95. The number of benzene rings is 1. The summed E-state index contributed by atoms with van der Waals surface area (Å²) in [7, 11) is 0.648. The standard InChI is InChI=1S/C11H13NO2S/c1-8-3-4-9-10(12-14-2)5-6-15(13)11(9)7-8/h3-4,7H,5-6H2,1-2H3/b12-10-. The molecule has 4 heteroatoms. The number of oxime groups is 1. The van der Waals surface area contributed by atoms with Crippen LogP contribution in [0.1, 0.15) is 17.5 Å². The monoisotopic (exact) mass is 223 g/mol. The molecular formula is C11H13NO2S. The Balaban J connectivity index is 2.55. The number of hydrogen-bond acceptors (Lipinski definition) is 3. The van der Waals surface area contributed by atoms with Crippen molar-refractivity contribution in [2.24, 2.45) is 5.16 Å². The van der Waals surface area contributed by atoms with Gasteiger partial charge >= 0.3 is 0 Å².